The van der Waals surface area contributed by atoms with Crippen molar-refractivity contribution in [1.29, 1.82) is 5.26 Å². The summed E-state index contributed by atoms with van der Waals surface area (Å²) in [4.78, 5) is 20.6. The first kappa shape index (κ1) is 24.4. The molecule has 0 N–H and O–H groups in total. The van der Waals surface area contributed by atoms with Crippen molar-refractivity contribution in [3.63, 3.8) is 0 Å². The SMILES string of the molecule is CC(C)(C)c1nc(C23CCC(CN(C(=O)C45CC(F)(C4)C5)c4cccc(OCC#N)c4)(CC2)CC3)no1. The van der Waals surface area contributed by atoms with Crippen LogP contribution in [0.4, 0.5) is 10.1 Å². The van der Waals surface area contributed by atoms with E-state index in [0.717, 1.165) is 50.0 Å². The van der Waals surface area contributed by atoms with Gasteiger partial charge in [0.25, 0.3) is 0 Å². The van der Waals surface area contributed by atoms with Crippen LogP contribution in [0.25, 0.3) is 0 Å². The summed E-state index contributed by atoms with van der Waals surface area (Å²) in [6, 6.07) is 9.41. The predicted molar refractivity (Wildman–Crippen MR) is 135 cm³/mol. The van der Waals surface area contributed by atoms with E-state index in [1.54, 1.807) is 6.07 Å². The van der Waals surface area contributed by atoms with E-state index in [1.165, 1.54) is 0 Å². The zero-order valence-electron chi connectivity index (χ0n) is 22.0. The number of fused-ring (bicyclic) bond motifs is 3. The van der Waals surface area contributed by atoms with Crippen molar-refractivity contribution >= 4 is 11.6 Å². The van der Waals surface area contributed by atoms with Crippen LogP contribution in [-0.4, -0.2) is 34.9 Å². The molecule has 8 rings (SSSR count). The number of hydrogen-bond acceptors (Lipinski definition) is 6. The average molecular weight is 507 g/mol. The van der Waals surface area contributed by atoms with Gasteiger partial charge in [0.15, 0.2) is 12.4 Å². The average Bonchev–Trinajstić information content (AvgIpc) is 3.37. The van der Waals surface area contributed by atoms with Crippen LogP contribution in [-0.2, 0) is 15.6 Å². The standard InChI is InChI=1S/C29H35FN4O3/c1-25(2,3)23-32-22(33-37-23)27-10-7-26(8-11-27,9-12-27)19-34(24(35)28-16-29(30,17-28)18-28)20-5-4-6-21(15-20)36-14-13-31/h4-6,15H,7-12,14,16-19H2,1-3H3. The first-order chi connectivity index (χ1) is 17.5. The largest absolute Gasteiger partial charge is 0.479 e. The molecule has 6 aliphatic rings. The van der Waals surface area contributed by atoms with Gasteiger partial charge in [-0.2, -0.15) is 10.2 Å². The van der Waals surface area contributed by atoms with Gasteiger partial charge in [0, 0.05) is 29.1 Å². The molecule has 2 aromatic rings. The number of hydrogen-bond donors (Lipinski definition) is 0. The van der Waals surface area contributed by atoms with E-state index in [4.69, 9.17) is 19.5 Å². The van der Waals surface area contributed by atoms with Crippen molar-refractivity contribution in [2.75, 3.05) is 18.1 Å². The molecular formula is C29H35FN4O3. The van der Waals surface area contributed by atoms with Crippen molar-refractivity contribution in [3.05, 3.63) is 36.0 Å². The summed E-state index contributed by atoms with van der Waals surface area (Å²) in [5.41, 5.74) is -1.15. The summed E-state index contributed by atoms with van der Waals surface area (Å²) in [5.74, 6) is 2.11. The molecule has 0 aliphatic heterocycles. The van der Waals surface area contributed by atoms with Crippen LogP contribution in [0, 0.1) is 22.2 Å². The van der Waals surface area contributed by atoms with Crippen LogP contribution in [0.15, 0.2) is 28.8 Å². The third kappa shape index (κ3) is 3.93. The molecule has 0 radical (unpaired) electrons. The highest BCUT2D eigenvalue weighted by Crippen LogP contribution is 2.70. The lowest BCUT2D eigenvalue weighted by Gasteiger charge is -2.65. The van der Waals surface area contributed by atoms with Crippen molar-refractivity contribution < 1.29 is 18.4 Å². The number of halogens is 1. The van der Waals surface area contributed by atoms with E-state index in [0.29, 0.717) is 37.4 Å². The number of anilines is 1. The molecule has 37 heavy (non-hydrogen) atoms. The molecule has 6 saturated carbocycles. The molecule has 0 atom stereocenters. The predicted octanol–water partition coefficient (Wildman–Crippen LogP) is 5.79. The normalized spacial score (nSPS) is 33.7. The van der Waals surface area contributed by atoms with Crippen LogP contribution < -0.4 is 9.64 Å². The van der Waals surface area contributed by atoms with E-state index in [2.05, 4.69) is 25.9 Å². The fourth-order valence-corrected chi connectivity index (χ4v) is 7.23. The molecule has 1 aromatic carbocycles. The monoisotopic (exact) mass is 506 g/mol. The van der Waals surface area contributed by atoms with Gasteiger partial charge in [0.05, 0.1) is 5.41 Å². The van der Waals surface area contributed by atoms with Crippen molar-refractivity contribution in [2.45, 2.75) is 95.1 Å². The molecule has 4 bridgehead atoms. The molecule has 1 amide bonds. The molecule has 196 valence electrons. The second-order valence-electron chi connectivity index (χ2n) is 13.3. The topological polar surface area (TPSA) is 92.2 Å². The Balaban J connectivity index is 1.24. The van der Waals surface area contributed by atoms with Crippen LogP contribution in [0.1, 0.15) is 90.3 Å². The zero-order chi connectivity index (χ0) is 26.1. The fraction of sp³-hybridized carbons (Fsp3) is 0.655. The Morgan fingerprint density at radius 2 is 1.84 bits per heavy atom. The Kier molecular flexibility index (Phi) is 5.29. The van der Waals surface area contributed by atoms with Gasteiger partial charge < -0.3 is 14.2 Å². The molecule has 1 aromatic heterocycles. The van der Waals surface area contributed by atoms with Gasteiger partial charge in [-0.3, -0.25) is 4.79 Å². The molecule has 0 unspecified atom stereocenters. The van der Waals surface area contributed by atoms with E-state index in [-0.39, 0.29) is 28.8 Å². The number of amides is 1. The number of benzene rings is 1. The molecular weight excluding hydrogens is 471 g/mol. The van der Waals surface area contributed by atoms with Crippen LogP contribution >= 0.6 is 0 Å². The fourth-order valence-electron chi connectivity index (χ4n) is 7.23. The maximum atomic E-state index is 14.4. The van der Waals surface area contributed by atoms with Crippen molar-refractivity contribution in [2.24, 2.45) is 10.8 Å². The highest BCUT2D eigenvalue weighted by atomic mass is 19.1. The third-order valence-electron chi connectivity index (χ3n) is 9.53. The molecule has 0 spiro atoms. The summed E-state index contributed by atoms with van der Waals surface area (Å²) >= 11 is 0. The molecule has 0 saturated heterocycles. The van der Waals surface area contributed by atoms with Crippen LogP contribution in [0.5, 0.6) is 5.75 Å². The smallest absolute Gasteiger partial charge is 0.233 e. The van der Waals surface area contributed by atoms with Gasteiger partial charge in [-0.15, -0.1) is 0 Å². The van der Waals surface area contributed by atoms with Gasteiger partial charge >= 0.3 is 0 Å². The Morgan fingerprint density at radius 1 is 1.16 bits per heavy atom. The summed E-state index contributed by atoms with van der Waals surface area (Å²) < 4.78 is 25.6. The Labute approximate surface area is 217 Å². The Morgan fingerprint density at radius 3 is 2.41 bits per heavy atom. The van der Waals surface area contributed by atoms with Gasteiger partial charge in [-0.05, 0) is 75.3 Å². The number of ether oxygens (including phenoxy) is 1. The second-order valence-corrected chi connectivity index (χ2v) is 13.3. The minimum absolute atomic E-state index is 0.00839. The van der Waals surface area contributed by atoms with Crippen molar-refractivity contribution in [1.82, 2.24) is 10.1 Å². The number of alkyl halides is 1. The van der Waals surface area contributed by atoms with E-state index >= 15 is 0 Å². The van der Waals surface area contributed by atoms with Gasteiger partial charge in [0.2, 0.25) is 11.8 Å². The molecule has 8 heteroatoms. The summed E-state index contributed by atoms with van der Waals surface area (Å²) in [7, 11) is 0. The molecule has 7 nitrogen and oxygen atoms in total. The minimum Gasteiger partial charge on any atom is -0.479 e. The van der Waals surface area contributed by atoms with Gasteiger partial charge in [0.1, 0.15) is 17.5 Å². The van der Waals surface area contributed by atoms with Crippen molar-refractivity contribution in [3.8, 4) is 11.8 Å². The van der Waals surface area contributed by atoms with E-state index in [1.807, 2.05) is 29.2 Å². The second kappa shape index (κ2) is 8.02. The molecule has 1 heterocycles. The Bertz CT molecular complexity index is 1230. The van der Waals surface area contributed by atoms with E-state index < -0.39 is 11.1 Å². The van der Waals surface area contributed by atoms with Crippen LogP contribution in [0.3, 0.4) is 0 Å². The first-order valence-electron chi connectivity index (χ1n) is 13.5. The summed E-state index contributed by atoms with van der Waals surface area (Å²) in [6.45, 7) is 6.81. The lowest BCUT2D eigenvalue weighted by atomic mass is 9.41. The number of nitriles is 1. The maximum Gasteiger partial charge on any atom is 0.233 e. The quantitative estimate of drug-likeness (QED) is 0.472. The molecule has 6 aliphatic carbocycles. The number of rotatable bonds is 7. The Hall–Kier alpha value is -2.95. The number of nitrogens with zero attached hydrogens (tertiary/aromatic N) is 4. The highest BCUT2D eigenvalue weighted by molar-refractivity contribution is 6.00. The number of carbonyl (C=O) groups is 1. The lowest BCUT2D eigenvalue weighted by molar-refractivity contribution is -0.211. The zero-order valence-corrected chi connectivity index (χ0v) is 22.0. The van der Waals surface area contributed by atoms with Gasteiger partial charge in [-0.25, -0.2) is 4.39 Å². The minimum atomic E-state index is -1.14. The summed E-state index contributed by atoms with van der Waals surface area (Å²) in [5, 5.41) is 13.3. The van der Waals surface area contributed by atoms with Crippen LogP contribution in [0.2, 0.25) is 0 Å². The maximum absolute atomic E-state index is 14.4. The lowest BCUT2D eigenvalue weighted by Crippen LogP contribution is -2.71. The van der Waals surface area contributed by atoms with E-state index in [9.17, 15) is 9.18 Å². The first-order valence-corrected chi connectivity index (χ1v) is 13.5. The highest BCUT2D eigenvalue weighted by Gasteiger charge is 2.73. The van der Waals surface area contributed by atoms with Gasteiger partial charge in [-0.1, -0.05) is 32.0 Å². The third-order valence-corrected chi connectivity index (χ3v) is 9.53. The molecule has 6 fully saturated rings. The number of carbonyl (C=O) groups excluding carboxylic acids is 1. The number of aromatic nitrogens is 2. The summed E-state index contributed by atoms with van der Waals surface area (Å²) in [6.07, 6.45) is 6.90.